The summed E-state index contributed by atoms with van der Waals surface area (Å²) >= 11 is 0. The standard InChI is InChI=1S/C25H27N3O5/c1-16(29)28-8-6-27(7-9-28)10-11-32-19-3-2-17-14-23-21(13-18(17)12-19)22(15-33-23)20-4-5-24(30)26-25(20)31/h2-3,12-15,20H,4-11H2,1H3,(H,26,30,31)/t20-/m0/s1. The molecule has 1 N–H and O–H groups in total. The Kier molecular flexibility index (Phi) is 5.76. The molecule has 1 atom stereocenters. The summed E-state index contributed by atoms with van der Waals surface area (Å²) in [5.41, 5.74) is 1.54. The van der Waals surface area contributed by atoms with Crippen molar-refractivity contribution in [3.63, 3.8) is 0 Å². The van der Waals surface area contributed by atoms with Crippen LogP contribution in [-0.4, -0.2) is 66.9 Å². The molecule has 5 rings (SSSR count). The van der Waals surface area contributed by atoms with Gasteiger partial charge in [-0.2, -0.15) is 0 Å². The fourth-order valence-electron chi connectivity index (χ4n) is 4.70. The summed E-state index contributed by atoms with van der Waals surface area (Å²) < 4.78 is 11.8. The van der Waals surface area contributed by atoms with Crippen LogP contribution in [0.15, 0.2) is 41.0 Å². The Morgan fingerprint density at radius 1 is 1.12 bits per heavy atom. The third-order valence-corrected chi connectivity index (χ3v) is 6.64. The first kappa shape index (κ1) is 21.5. The smallest absolute Gasteiger partial charge is 0.234 e. The van der Waals surface area contributed by atoms with Crippen LogP contribution in [0, 0.1) is 0 Å². The van der Waals surface area contributed by atoms with Crippen LogP contribution >= 0.6 is 0 Å². The van der Waals surface area contributed by atoms with Gasteiger partial charge in [0.1, 0.15) is 17.9 Å². The predicted molar refractivity (Wildman–Crippen MR) is 123 cm³/mol. The average Bonchev–Trinajstić information content (AvgIpc) is 3.20. The van der Waals surface area contributed by atoms with Gasteiger partial charge in [-0.05, 0) is 41.5 Å². The number of carbonyl (C=O) groups is 3. The zero-order valence-corrected chi connectivity index (χ0v) is 18.6. The molecule has 3 heterocycles. The molecule has 172 valence electrons. The second kappa shape index (κ2) is 8.86. The van der Waals surface area contributed by atoms with Gasteiger partial charge in [0.2, 0.25) is 17.7 Å². The molecule has 3 aromatic rings. The van der Waals surface area contributed by atoms with Crippen molar-refractivity contribution in [1.29, 1.82) is 0 Å². The van der Waals surface area contributed by atoms with E-state index in [4.69, 9.17) is 9.15 Å². The van der Waals surface area contributed by atoms with Gasteiger partial charge in [-0.25, -0.2) is 0 Å². The van der Waals surface area contributed by atoms with E-state index in [2.05, 4.69) is 10.2 Å². The Hall–Kier alpha value is -3.39. The minimum atomic E-state index is -0.385. The van der Waals surface area contributed by atoms with E-state index in [1.54, 1.807) is 13.2 Å². The summed E-state index contributed by atoms with van der Waals surface area (Å²) in [6, 6.07) is 9.96. The van der Waals surface area contributed by atoms with Crippen LogP contribution < -0.4 is 10.1 Å². The zero-order chi connectivity index (χ0) is 22.9. The van der Waals surface area contributed by atoms with E-state index >= 15 is 0 Å². The van der Waals surface area contributed by atoms with Gasteiger partial charge in [-0.1, -0.05) is 6.07 Å². The van der Waals surface area contributed by atoms with Crippen molar-refractivity contribution >= 4 is 39.5 Å². The van der Waals surface area contributed by atoms with Crippen molar-refractivity contribution in [1.82, 2.24) is 15.1 Å². The Morgan fingerprint density at radius 2 is 1.94 bits per heavy atom. The molecule has 8 heteroatoms. The molecule has 0 spiro atoms. The number of furan rings is 1. The molecule has 0 aliphatic carbocycles. The molecule has 2 fully saturated rings. The van der Waals surface area contributed by atoms with Crippen molar-refractivity contribution < 1.29 is 23.5 Å². The summed E-state index contributed by atoms with van der Waals surface area (Å²) in [6.45, 7) is 6.25. The van der Waals surface area contributed by atoms with Crippen molar-refractivity contribution in [3.05, 3.63) is 42.2 Å². The number of piperazine rings is 1. The molecule has 0 radical (unpaired) electrons. The number of benzene rings is 2. The molecule has 2 aliphatic rings. The summed E-state index contributed by atoms with van der Waals surface area (Å²) in [5.74, 6) is 0.0430. The molecule has 0 unspecified atom stereocenters. The van der Waals surface area contributed by atoms with Crippen molar-refractivity contribution in [2.24, 2.45) is 0 Å². The highest BCUT2D eigenvalue weighted by atomic mass is 16.5. The summed E-state index contributed by atoms with van der Waals surface area (Å²) in [5, 5.41) is 5.34. The molecule has 1 aromatic heterocycles. The van der Waals surface area contributed by atoms with E-state index in [1.165, 1.54) is 0 Å². The number of fused-ring (bicyclic) bond motifs is 2. The van der Waals surface area contributed by atoms with Crippen LogP contribution in [0.2, 0.25) is 0 Å². The highest BCUT2D eigenvalue weighted by Crippen LogP contribution is 2.35. The number of carbonyl (C=O) groups excluding carboxylic acids is 3. The number of hydrogen-bond donors (Lipinski definition) is 1. The van der Waals surface area contributed by atoms with Gasteiger partial charge in [-0.3, -0.25) is 24.6 Å². The Morgan fingerprint density at radius 3 is 2.70 bits per heavy atom. The maximum atomic E-state index is 12.3. The lowest BCUT2D eigenvalue weighted by Gasteiger charge is -2.34. The number of imide groups is 1. The Bertz CT molecular complexity index is 1230. The number of amides is 3. The quantitative estimate of drug-likeness (QED) is 0.602. The first-order valence-corrected chi connectivity index (χ1v) is 11.4. The first-order valence-electron chi connectivity index (χ1n) is 11.4. The van der Waals surface area contributed by atoms with Gasteiger partial charge >= 0.3 is 0 Å². The molecule has 3 amide bonds. The zero-order valence-electron chi connectivity index (χ0n) is 18.6. The van der Waals surface area contributed by atoms with E-state index in [0.29, 0.717) is 19.4 Å². The fraction of sp³-hybridized carbons (Fsp3) is 0.400. The van der Waals surface area contributed by atoms with E-state index in [1.807, 2.05) is 35.2 Å². The van der Waals surface area contributed by atoms with Gasteiger partial charge in [0, 0.05) is 57.0 Å². The largest absolute Gasteiger partial charge is 0.492 e. The maximum Gasteiger partial charge on any atom is 0.234 e. The molecule has 0 saturated carbocycles. The van der Waals surface area contributed by atoms with E-state index in [0.717, 1.165) is 65.8 Å². The van der Waals surface area contributed by atoms with E-state index < -0.39 is 0 Å². The van der Waals surface area contributed by atoms with Gasteiger partial charge in [0.15, 0.2) is 0 Å². The van der Waals surface area contributed by atoms with Crippen LogP contribution in [0.25, 0.3) is 21.7 Å². The second-order valence-corrected chi connectivity index (χ2v) is 8.75. The molecule has 2 aliphatic heterocycles. The van der Waals surface area contributed by atoms with Crippen LogP contribution in [0.1, 0.15) is 31.2 Å². The van der Waals surface area contributed by atoms with E-state index in [-0.39, 0.29) is 23.6 Å². The number of hydrogen-bond acceptors (Lipinski definition) is 6. The van der Waals surface area contributed by atoms with Crippen molar-refractivity contribution in [3.8, 4) is 5.75 Å². The van der Waals surface area contributed by atoms with Crippen molar-refractivity contribution in [2.45, 2.75) is 25.7 Å². The lowest BCUT2D eigenvalue weighted by Crippen LogP contribution is -2.48. The third kappa shape index (κ3) is 4.43. The number of piperidine rings is 1. The van der Waals surface area contributed by atoms with Crippen LogP contribution in [0.3, 0.4) is 0 Å². The van der Waals surface area contributed by atoms with Crippen molar-refractivity contribution in [2.75, 3.05) is 39.3 Å². The third-order valence-electron chi connectivity index (χ3n) is 6.64. The predicted octanol–water partition coefficient (Wildman–Crippen LogP) is 2.65. The SMILES string of the molecule is CC(=O)N1CCN(CCOc2ccc3cc4occ([C@@H]5CCC(=O)NC5=O)c4cc3c2)CC1. The van der Waals surface area contributed by atoms with Crippen LogP contribution in [0.4, 0.5) is 0 Å². The number of ether oxygens (including phenoxy) is 1. The minimum absolute atomic E-state index is 0.134. The molecular formula is C25H27N3O5. The number of rotatable bonds is 5. The molecule has 2 aromatic carbocycles. The minimum Gasteiger partial charge on any atom is -0.492 e. The average molecular weight is 450 g/mol. The van der Waals surface area contributed by atoms with E-state index in [9.17, 15) is 14.4 Å². The summed E-state index contributed by atoms with van der Waals surface area (Å²) in [7, 11) is 0. The maximum absolute atomic E-state index is 12.3. The molecule has 33 heavy (non-hydrogen) atoms. The fourth-order valence-corrected chi connectivity index (χ4v) is 4.70. The van der Waals surface area contributed by atoms with Crippen LogP contribution in [0.5, 0.6) is 5.75 Å². The lowest BCUT2D eigenvalue weighted by atomic mass is 9.90. The molecule has 0 bridgehead atoms. The number of nitrogens with zero attached hydrogens (tertiary/aromatic N) is 2. The summed E-state index contributed by atoms with van der Waals surface area (Å²) in [6.07, 6.45) is 2.45. The molecular weight excluding hydrogens is 422 g/mol. The van der Waals surface area contributed by atoms with Gasteiger partial charge in [0.25, 0.3) is 0 Å². The second-order valence-electron chi connectivity index (χ2n) is 8.75. The summed E-state index contributed by atoms with van der Waals surface area (Å²) in [4.78, 5) is 39.5. The Labute approximate surface area is 191 Å². The topological polar surface area (TPSA) is 92.1 Å². The molecule has 8 nitrogen and oxygen atoms in total. The van der Waals surface area contributed by atoms with Gasteiger partial charge < -0.3 is 14.1 Å². The highest BCUT2D eigenvalue weighted by molar-refractivity contribution is 6.04. The first-order chi connectivity index (χ1) is 16.0. The highest BCUT2D eigenvalue weighted by Gasteiger charge is 2.30. The van der Waals surface area contributed by atoms with Gasteiger partial charge in [-0.15, -0.1) is 0 Å². The number of nitrogens with one attached hydrogen (secondary N) is 1. The molecule has 2 saturated heterocycles. The lowest BCUT2D eigenvalue weighted by molar-refractivity contribution is -0.134. The monoisotopic (exact) mass is 449 g/mol. The Balaban J connectivity index is 1.28. The van der Waals surface area contributed by atoms with Gasteiger partial charge in [0.05, 0.1) is 12.2 Å². The normalized spacial score (nSPS) is 19.8. The van der Waals surface area contributed by atoms with Crippen LogP contribution in [-0.2, 0) is 14.4 Å².